The summed E-state index contributed by atoms with van der Waals surface area (Å²) in [6.07, 6.45) is 0. The Morgan fingerprint density at radius 2 is 1.57 bits per heavy atom. The molecule has 2 N–H and O–H groups in total. The maximum atomic E-state index is 13.8. The van der Waals surface area contributed by atoms with Crippen molar-refractivity contribution in [2.75, 3.05) is 7.05 Å². The predicted molar refractivity (Wildman–Crippen MR) is 101 cm³/mol. The Balaban J connectivity index is 1.74. The van der Waals surface area contributed by atoms with Crippen LogP contribution in [0.1, 0.15) is 29.1 Å². The van der Waals surface area contributed by atoms with E-state index in [1.54, 1.807) is 6.92 Å². The molecule has 2 aromatic carbocycles. The summed E-state index contributed by atoms with van der Waals surface area (Å²) >= 11 is 0. The van der Waals surface area contributed by atoms with E-state index in [1.807, 2.05) is 0 Å². The van der Waals surface area contributed by atoms with E-state index < -0.39 is 40.8 Å². The minimum atomic E-state index is -1.18. The summed E-state index contributed by atoms with van der Waals surface area (Å²) in [5.74, 6) is -4.97. The predicted octanol–water partition coefficient (Wildman–Crippen LogP) is 3.79. The van der Waals surface area contributed by atoms with Gasteiger partial charge in [-0.2, -0.15) is 5.10 Å². The van der Waals surface area contributed by atoms with Gasteiger partial charge in [-0.1, -0.05) is 0 Å². The number of carbonyl (C=O) groups is 1. The van der Waals surface area contributed by atoms with Crippen LogP contribution in [0.3, 0.4) is 0 Å². The SMILES string of the molecule is CC(c1n[nH]c(=O)c2cc(F)c(F)cc12)N(C)C(=O)c1cc2cc(F)c(F)cc2[nH]1. The number of hydrogen-bond donors (Lipinski definition) is 2. The van der Waals surface area contributed by atoms with E-state index in [9.17, 15) is 27.2 Å². The number of rotatable bonds is 3. The van der Waals surface area contributed by atoms with Gasteiger partial charge < -0.3 is 9.88 Å². The lowest BCUT2D eigenvalue weighted by molar-refractivity contribution is 0.0735. The molecule has 0 aliphatic rings. The quantitative estimate of drug-likeness (QED) is 0.497. The molecule has 0 fully saturated rings. The van der Waals surface area contributed by atoms with Gasteiger partial charge in [0, 0.05) is 29.4 Å². The van der Waals surface area contributed by atoms with Gasteiger partial charge in [0.2, 0.25) is 0 Å². The van der Waals surface area contributed by atoms with Crippen molar-refractivity contribution in [3.63, 3.8) is 0 Å². The largest absolute Gasteiger partial charge is 0.350 e. The fourth-order valence-corrected chi connectivity index (χ4v) is 3.29. The third kappa shape index (κ3) is 3.10. The number of fused-ring (bicyclic) bond motifs is 2. The zero-order valence-electron chi connectivity index (χ0n) is 15.7. The normalized spacial score (nSPS) is 12.5. The summed E-state index contributed by atoms with van der Waals surface area (Å²) in [6, 6.07) is 4.14. The lowest BCUT2D eigenvalue weighted by atomic mass is 10.1. The molecule has 0 aliphatic heterocycles. The van der Waals surface area contributed by atoms with Gasteiger partial charge in [0.1, 0.15) is 5.69 Å². The van der Waals surface area contributed by atoms with Crippen molar-refractivity contribution in [3.8, 4) is 0 Å². The van der Waals surface area contributed by atoms with Gasteiger partial charge in [-0.05, 0) is 31.2 Å². The van der Waals surface area contributed by atoms with Crippen LogP contribution in [-0.4, -0.2) is 33.0 Å². The molecule has 0 aliphatic carbocycles. The van der Waals surface area contributed by atoms with Crippen molar-refractivity contribution in [2.24, 2.45) is 0 Å². The average Bonchev–Trinajstić information content (AvgIpc) is 3.11. The second kappa shape index (κ2) is 6.97. The molecule has 1 amide bonds. The van der Waals surface area contributed by atoms with E-state index in [-0.39, 0.29) is 27.7 Å². The van der Waals surface area contributed by atoms with Crippen LogP contribution < -0.4 is 5.56 Å². The Labute approximate surface area is 166 Å². The molecule has 1 atom stereocenters. The number of aromatic nitrogens is 3. The molecule has 154 valence electrons. The summed E-state index contributed by atoms with van der Waals surface area (Å²) in [4.78, 5) is 28.8. The summed E-state index contributed by atoms with van der Waals surface area (Å²) in [5.41, 5.74) is -0.250. The molecular weight excluding hydrogens is 404 g/mol. The number of nitrogens with one attached hydrogen (secondary N) is 2. The van der Waals surface area contributed by atoms with E-state index in [1.165, 1.54) is 18.0 Å². The maximum absolute atomic E-state index is 13.8. The zero-order valence-corrected chi connectivity index (χ0v) is 15.7. The van der Waals surface area contributed by atoms with Gasteiger partial charge in [-0.25, -0.2) is 22.7 Å². The number of carbonyl (C=O) groups excluding carboxylic acids is 1. The fraction of sp³-hybridized carbons (Fsp3) is 0.150. The molecule has 0 spiro atoms. The van der Waals surface area contributed by atoms with Crippen LogP contribution in [0.4, 0.5) is 17.6 Å². The number of nitrogens with zero attached hydrogens (tertiary/aromatic N) is 2. The summed E-state index contributed by atoms with van der Waals surface area (Å²) < 4.78 is 54.2. The van der Waals surface area contributed by atoms with E-state index in [2.05, 4.69) is 15.2 Å². The summed E-state index contributed by atoms with van der Waals surface area (Å²) in [6.45, 7) is 1.58. The second-order valence-corrected chi connectivity index (χ2v) is 6.88. The molecule has 4 aromatic rings. The van der Waals surface area contributed by atoms with Gasteiger partial charge >= 0.3 is 0 Å². The summed E-state index contributed by atoms with van der Waals surface area (Å²) in [5, 5.41) is 6.39. The minimum Gasteiger partial charge on any atom is -0.350 e. The average molecular weight is 418 g/mol. The van der Waals surface area contributed by atoms with Gasteiger partial charge in [-0.15, -0.1) is 0 Å². The number of benzene rings is 2. The zero-order chi connectivity index (χ0) is 21.7. The van der Waals surface area contributed by atoms with Gasteiger partial charge in [0.15, 0.2) is 23.3 Å². The first kappa shape index (κ1) is 19.6. The Bertz CT molecular complexity index is 1340. The molecule has 2 heterocycles. The smallest absolute Gasteiger partial charge is 0.272 e. The number of halogens is 4. The van der Waals surface area contributed by atoms with Crippen LogP contribution in [0.2, 0.25) is 0 Å². The third-order valence-corrected chi connectivity index (χ3v) is 5.05. The lowest BCUT2D eigenvalue weighted by Gasteiger charge is -2.24. The Morgan fingerprint density at radius 3 is 2.27 bits per heavy atom. The van der Waals surface area contributed by atoms with Gasteiger partial charge in [0.05, 0.1) is 17.1 Å². The summed E-state index contributed by atoms with van der Waals surface area (Å²) in [7, 11) is 1.44. The van der Waals surface area contributed by atoms with E-state index in [0.717, 1.165) is 24.3 Å². The Kier molecular flexibility index (Phi) is 4.56. The molecule has 0 saturated heterocycles. The Hall–Kier alpha value is -3.69. The van der Waals surface area contributed by atoms with Crippen LogP contribution in [0, 0.1) is 23.3 Å². The molecule has 1 unspecified atom stereocenters. The maximum Gasteiger partial charge on any atom is 0.272 e. The van der Waals surface area contributed by atoms with Crippen molar-refractivity contribution < 1.29 is 22.4 Å². The number of hydrogen-bond acceptors (Lipinski definition) is 3. The first-order valence-corrected chi connectivity index (χ1v) is 8.79. The molecule has 6 nitrogen and oxygen atoms in total. The van der Waals surface area contributed by atoms with Crippen molar-refractivity contribution >= 4 is 27.6 Å². The van der Waals surface area contributed by atoms with Crippen molar-refractivity contribution in [1.29, 1.82) is 0 Å². The highest BCUT2D eigenvalue weighted by atomic mass is 19.2. The van der Waals surface area contributed by atoms with Crippen LogP contribution in [0.5, 0.6) is 0 Å². The number of H-pyrrole nitrogens is 2. The number of amides is 1. The van der Waals surface area contributed by atoms with E-state index in [4.69, 9.17) is 0 Å². The van der Waals surface area contributed by atoms with Crippen LogP contribution in [-0.2, 0) is 0 Å². The topological polar surface area (TPSA) is 81.8 Å². The second-order valence-electron chi connectivity index (χ2n) is 6.88. The highest BCUT2D eigenvalue weighted by Gasteiger charge is 2.25. The highest BCUT2D eigenvalue weighted by molar-refractivity contribution is 5.98. The highest BCUT2D eigenvalue weighted by Crippen LogP contribution is 2.27. The van der Waals surface area contributed by atoms with Crippen molar-refractivity contribution in [1.82, 2.24) is 20.1 Å². The molecule has 2 aromatic heterocycles. The monoisotopic (exact) mass is 418 g/mol. The van der Waals surface area contributed by atoms with E-state index >= 15 is 0 Å². The van der Waals surface area contributed by atoms with Gasteiger partial charge in [0.25, 0.3) is 11.5 Å². The van der Waals surface area contributed by atoms with Crippen molar-refractivity contribution in [3.05, 3.63) is 75.3 Å². The lowest BCUT2D eigenvalue weighted by Crippen LogP contribution is -2.31. The van der Waals surface area contributed by atoms with Crippen LogP contribution in [0.25, 0.3) is 21.7 Å². The number of aromatic amines is 2. The minimum absolute atomic E-state index is 0.0607. The van der Waals surface area contributed by atoms with E-state index in [0.29, 0.717) is 5.39 Å². The fourth-order valence-electron chi connectivity index (χ4n) is 3.29. The van der Waals surface area contributed by atoms with Crippen molar-refractivity contribution in [2.45, 2.75) is 13.0 Å². The molecule has 0 saturated carbocycles. The standard InChI is InChI=1S/C20H14F4N4O2/c1-8(18-10-5-13(22)14(23)6-11(10)19(29)27-26-18)28(2)20(30)17-4-9-3-12(21)15(24)7-16(9)25-17/h3-8,25H,1-2H3,(H,27,29). The molecule has 0 bridgehead atoms. The molecule has 30 heavy (non-hydrogen) atoms. The first-order chi connectivity index (χ1) is 14.2. The molecule has 4 rings (SSSR count). The van der Waals surface area contributed by atoms with Crippen LogP contribution >= 0.6 is 0 Å². The third-order valence-electron chi connectivity index (χ3n) is 5.05. The first-order valence-electron chi connectivity index (χ1n) is 8.79. The van der Waals surface area contributed by atoms with Gasteiger partial charge in [-0.3, -0.25) is 9.59 Å². The molecule has 0 radical (unpaired) electrons. The molecule has 10 heteroatoms. The molecular formula is C20H14F4N4O2. The Morgan fingerprint density at radius 1 is 0.967 bits per heavy atom. The van der Waals surface area contributed by atoms with Crippen LogP contribution in [0.15, 0.2) is 35.1 Å².